The van der Waals surface area contributed by atoms with Crippen LogP contribution < -0.4 is 5.32 Å². The van der Waals surface area contributed by atoms with Crippen molar-refractivity contribution in [3.8, 4) is 0 Å². The monoisotopic (exact) mass is 335 g/mol. The van der Waals surface area contributed by atoms with E-state index in [1.165, 1.54) is 0 Å². The normalized spacial score (nSPS) is 12.2. The molecule has 1 amide bonds. The van der Waals surface area contributed by atoms with Crippen molar-refractivity contribution >= 4 is 16.8 Å². The van der Waals surface area contributed by atoms with Crippen molar-refractivity contribution in [2.24, 2.45) is 0 Å². The van der Waals surface area contributed by atoms with Gasteiger partial charge in [0.15, 0.2) is 0 Å². The van der Waals surface area contributed by atoms with Crippen molar-refractivity contribution < 1.29 is 9.90 Å². The predicted molar refractivity (Wildman–Crippen MR) is 97.5 cm³/mol. The summed E-state index contributed by atoms with van der Waals surface area (Å²) in [6.45, 7) is 5.99. The summed E-state index contributed by atoms with van der Waals surface area (Å²) in [7, 11) is 0. The molecule has 0 aliphatic rings. The summed E-state index contributed by atoms with van der Waals surface area (Å²) in [5.74, 6) is -0.219. The molecule has 1 aromatic carbocycles. The minimum atomic E-state index is -0.796. The standard InChI is InChI=1S/C20H21N3O2/c1-12-7-13(2)19-16(8-12)17(9-14(3)23-19)20(25)22-11-18(24)15-5-4-6-21-10-15/h4-10,18,24H,11H2,1-3H3,(H,22,25)/t18-/m0/s1. The molecule has 0 saturated carbocycles. The Hall–Kier alpha value is -2.79. The van der Waals surface area contributed by atoms with E-state index in [0.717, 1.165) is 27.7 Å². The van der Waals surface area contributed by atoms with E-state index in [2.05, 4.69) is 21.4 Å². The molecule has 0 spiro atoms. The van der Waals surface area contributed by atoms with Gasteiger partial charge in [0, 0.05) is 35.6 Å². The van der Waals surface area contributed by atoms with Crippen LogP contribution in [0.2, 0.25) is 0 Å². The molecular weight excluding hydrogens is 314 g/mol. The number of aliphatic hydroxyl groups excluding tert-OH is 1. The van der Waals surface area contributed by atoms with E-state index in [9.17, 15) is 9.90 Å². The molecule has 128 valence electrons. The minimum absolute atomic E-state index is 0.123. The van der Waals surface area contributed by atoms with Crippen LogP contribution in [0.3, 0.4) is 0 Å². The fraction of sp³-hybridized carbons (Fsp3) is 0.250. The van der Waals surface area contributed by atoms with Gasteiger partial charge in [0.05, 0.1) is 17.2 Å². The highest BCUT2D eigenvalue weighted by molar-refractivity contribution is 6.07. The number of pyridine rings is 2. The Balaban J connectivity index is 1.87. The van der Waals surface area contributed by atoms with E-state index in [1.807, 2.05) is 26.8 Å². The summed E-state index contributed by atoms with van der Waals surface area (Å²) in [5.41, 5.74) is 5.00. The third-order valence-electron chi connectivity index (χ3n) is 4.15. The van der Waals surface area contributed by atoms with Crippen LogP contribution in [0.25, 0.3) is 10.9 Å². The van der Waals surface area contributed by atoms with Gasteiger partial charge in [-0.2, -0.15) is 0 Å². The van der Waals surface area contributed by atoms with Gasteiger partial charge in [0.25, 0.3) is 5.91 Å². The van der Waals surface area contributed by atoms with Crippen LogP contribution in [-0.4, -0.2) is 27.5 Å². The zero-order chi connectivity index (χ0) is 18.0. The third kappa shape index (κ3) is 3.67. The number of amides is 1. The molecule has 2 heterocycles. The van der Waals surface area contributed by atoms with Crippen LogP contribution in [0.5, 0.6) is 0 Å². The molecule has 5 heteroatoms. The van der Waals surface area contributed by atoms with Crippen molar-refractivity contribution in [2.75, 3.05) is 6.54 Å². The molecule has 2 N–H and O–H groups in total. The summed E-state index contributed by atoms with van der Waals surface area (Å²) < 4.78 is 0. The number of nitrogens with zero attached hydrogens (tertiary/aromatic N) is 2. The number of hydrogen-bond acceptors (Lipinski definition) is 4. The van der Waals surface area contributed by atoms with Gasteiger partial charge in [-0.25, -0.2) is 0 Å². The topological polar surface area (TPSA) is 75.1 Å². The Morgan fingerprint density at radius 2 is 2.04 bits per heavy atom. The quantitative estimate of drug-likeness (QED) is 0.768. The average molecular weight is 335 g/mol. The average Bonchev–Trinajstić information content (AvgIpc) is 2.60. The van der Waals surface area contributed by atoms with Crippen LogP contribution in [-0.2, 0) is 0 Å². The first-order valence-electron chi connectivity index (χ1n) is 8.20. The number of nitrogens with one attached hydrogen (secondary N) is 1. The lowest BCUT2D eigenvalue weighted by atomic mass is 10.0. The molecule has 0 fully saturated rings. The van der Waals surface area contributed by atoms with Crippen molar-refractivity contribution in [3.05, 3.63) is 70.7 Å². The van der Waals surface area contributed by atoms with E-state index in [0.29, 0.717) is 11.1 Å². The molecule has 0 unspecified atom stereocenters. The van der Waals surface area contributed by atoms with Gasteiger partial charge < -0.3 is 10.4 Å². The van der Waals surface area contributed by atoms with E-state index >= 15 is 0 Å². The van der Waals surface area contributed by atoms with E-state index in [4.69, 9.17) is 0 Å². The first-order chi connectivity index (χ1) is 12.0. The van der Waals surface area contributed by atoms with E-state index < -0.39 is 6.10 Å². The summed E-state index contributed by atoms with van der Waals surface area (Å²) >= 11 is 0. The molecule has 25 heavy (non-hydrogen) atoms. The van der Waals surface area contributed by atoms with Gasteiger partial charge >= 0.3 is 0 Å². The highest BCUT2D eigenvalue weighted by Gasteiger charge is 2.15. The number of benzene rings is 1. The maximum absolute atomic E-state index is 12.7. The van der Waals surface area contributed by atoms with Crippen molar-refractivity contribution in [3.63, 3.8) is 0 Å². The van der Waals surface area contributed by atoms with Crippen LogP contribution in [0.15, 0.2) is 42.7 Å². The minimum Gasteiger partial charge on any atom is -0.387 e. The van der Waals surface area contributed by atoms with Gasteiger partial charge in [-0.3, -0.25) is 14.8 Å². The summed E-state index contributed by atoms with van der Waals surface area (Å²) in [6, 6.07) is 9.35. The molecule has 0 aliphatic heterocycles. The Morgan fingerprint density at radius 3 is 2.76 bits per heavy atom. The SMILES string of the molecule is Cc1cc(C)c2nc(C)cc(C(=O)NC[C@H](O)c3cccnc3)c2c1. The second-order valence-electron chi connectivity index (χ2n) is 6.30. The lowest BCUT2D eigenvalue weighted by Crippen LogP contribution is -2.28. The lowest BCUT2D eigenvalue weighted by molar-refractivity contribution is 0.0917. The fourth-order valence-electron chi connectivity index (χ4n) is 2.97. The number of hydrogen-bond donors (Lipinski definition) is 2. The number of aryl methyl sites for hydroxylation is 3. The Bertz CT molecular complexity index is 923. The molecule has 0 bridgehead atoms. The van der Waals surface area contributed by atoms with Crippen molar-refractivity contribution in [2.45, 2.75) is 26.9 Å². The van der Waals surface area contributed by atoms with Crippen LogP contribution in [0.4, 0.5) is 0 Å². The zero-order valence-electron chi connectivity index (χ0n) is 14.6. The summed E-state index contributed by atoms with van der Waals surface area (Å²) in [5, 5.41) is 13.8. The highest BCUT2D eigenvalue weighted by atomic mass is 16.3. The number of carbonyl (C=O) groups excluding carboxylic acids is 1. The number of carbonyl (C=O) groups is 1. The molecule has 2 aromatic heterocycles. The highest BCUT2D eigenvalue weighted by Crippen LogP contribution is 2.23. The van der Waals surface area contributed by atoms with E-state index in [1.54, 1.807) is 30.6 Å². The maximum atomic E-state index is 12.7. The van der Waals surface area contributed by atoms with Crippen LogP contribution >= 0.6 is 0 Å². The predicted octanol–water partition coefficient (Wildman–Crippen LogP) is 3.02. The molecule has 0 saturated heterocycles. The van der Waals surface area contributed by atoms with Gasteiger partial charge in [-0.05, 0) is 44.5 Å². The Morgan fingerprint density at radius 1 is 1.24 bits per heavy atom. The fourth-order valence-corrected chi connectivity index (χ4v) is 2.97. The first-order valence-corrected chi connectivity index (χ1v) is 8.20. The molecule has 5 nitrogen and oxygen atoms in total. The van der Waals surface area contributed by atoms with Crippen molar-refractivity contribution in [1.82, 2.24) is 15.3 Å². The van der Waals surface area contributed by atoms with Gasteiger partial charge in [-0.15, -0.1) is 0 Å². The molecule has 0 aliphatic carbocycles. The number of rotatable bonds is 4. The Labute approximate surface area is 146 Å². The molecular formula is C20H21N3O2. The summed E-state index contributed by atoms with van der Waals surface area (Å²) in [6.07, 6.45) is 2.44. The second-order valence-corrected chi connectivity index (χ2v) is 6.30. The number of aromatic nitrogens is 2. The van der Waals surface area contributed by atoms with Crippen LogP contribution in [0, 0.1) is 20.8 Å². The van der Waals surface area contributed by atoms with Crippen molar-refractivity contribution in [1.29, 1.82) is 0 Å². The molecule has 0 radical (unpaired) electrons. The maximum Gasteiger partial charge on any atom is 0.252 e. The van der Waals surface area contributed by atoms with Gasteiger partial charge in [0.1, 0.15) is 0 Å². The van der Waals surface area contributed by atoms with Gasteiger partial charge in [-0.1, -0.05) is 17.7 Å². The third-order valence-corrected chi connectivity index (χ3v) is 4.15. The Kier molecular flexibility index (Phi) is 4.76. The summed E-state index contributed by atoms with van der Waals surface area (Å²) in [4.78, 5) is 21.3. The number of fused-ring (bicyclic) bond motifs is 1. The largest absolute Gasteiger partial charge is 0.387 e. The lowest BCUT2D eigenvalue weighted by Gasteiger charge is -2.14. The zero-order valence-corrected chi connectivity index (χ0v) is 14.6. The first kappa shape index (κ1) is 17.0. The molecule has 3 aromatic rings. The molecule has 3 rings (SSSR count). The van der Waals surface area contributed by atoms with Crippen LogP contribution in [0.1, 0.15) is 38.8 Å². The smallest absolute Gasteiger partial charge is 0.252 e. The van der Waals surface area contributed by atoms with E-state index in [-0.39, 0.29) is 12.5 Å². The number of aliphatic hydroxyl groups is 1. The molecule has 1 atom stereocenters. The second kappa shape index (κ2) is 6.99. The van der Waals surface area contributed by atoms with Gasteiger partial charge in [0.2, 0.25) is 0 Å².